The first kappa shape index (κ1) is 16.0. The Balaban J connectivity index is 2.89. The fraction of sp³-hybridized carbons (Fsp3) is 0.429. The molecule has 0 fully saturated rings. The quantitative estimate of drug-likeness (QED) is 0.674. The van der Waals surface area contributed by atoms with Gasteiger partial charge in [0.2, 0.25) is 5.91 Å². The minimum atomic E-state index is -0.750. The van der Waals surface area contributed by atoms with Gasteiger partial charge in [0.15, 0.2) is 0 Å². The third-order valence-corrected chi connectivity index (χ3v) is 3.57. The van der Waals surface area contributed by atoms with E-state index < -0.39 is 17.0 Å². The van der Waals surface area contributed by atoms with Gasteiger partial charge in [-0.3, -0.25) is 4.79 Å². The van der Waals surface area contributed by atoms with Crippen LogP contribution in [0.2, 0.25) is 0 Å². The van der Waals surface area contributed by atoms with Gasteiger partial charge in [-0.25, -0.2) is 4.79 Å². The molecule has 0 aliphatic rings. The summed E-state index contributed by atoms with van der Waals surface area (Å²) in [6.45, 7) is 7.18. The first-order chi connectivity index (χ1) is 9.04. The lowest BCUT2D eigenvalue weighted by Gasteiger charge is -2.36. The zero-order valence-electron chi connectivity index (χ0n) is 12.3. The first-order valence-corrected chi connectivity index (χ1v) is 6.31. The number of hydrogen-bond donors (Lipinski definition) is 4. The van der Waals surface area contributed by atoms with Gasteiger partial charge in [0.05, 0.1) is 5.41 Å². The number of rotatable bonds is 4. The highest BCUT2D eigenvalue weighted by molar-refractivity contribution is 5.96. The maximum absolute atomic E-state index is 12.3. The highest BCUT2D eigenvalue weighted by Crippen LogP contribution is 2.30. The maximum Gasteiger partial charge on any atom is 0.316 e. The summed E-state index contributed by atoms with van der Waals surface area (Å²) in [5.41, 5.74) is 10.7. The maximum atomic E-state index is 12.3. The molecule has 3 amide bonds. The highest BCUT2D eigenvalue weighted by atomic mass is 16.2. The Hall–Kier alpha value is -2.08. The third-order valence-electron chi connectivity index (χ3n) is 3.57. The zero-order chi connectivity index (χ0) is 15.6. The van der Waals surface area contributed by atoms with Crippen molar-refractivity contribution in [2.45, 2.75) is 33.2 Å². The van der Waals surface area contributed by atoms with E-state index in [0.717, 1.165) is 0 Å². The highest BCUT2D eigenvalue weighted by Gasteiger charge is 2.40. The van der Waals surface area contributed by atoms with Crippen LogP contribution in [-0.4, -0.2) is 17.5 Å². The number of benzene rings is 1. The standard InChI is InChI=1S/C14H22N4O2/c1-13(2,14(3,4)16)11(19)17-9-6-5-7-10(8-9)18-12(15)20/h5-8H,16H2,1-4H3,(H,17,19)(H3,15,18,20). The van der Waals surface area contributed by atoms with Crippen LogP contribution in [0.25, 0.3) is 0 Å². The number of nitrogens with two attached hydrogens (primary N) is 2. The number of carbonyl (C=O) groups is 2. The predicted octanol–water partition coefficient (Wildman–Crippen LogP) is 1.88. The van der Waals surface area contributed by atoms with Gasteiger partial charge in [-0.2, -0.15) is 0 Å². The molecule has 1 aromatic rings. The third kappa shape index (κ3) is 3.71. The lowest BCUT2D eigenvalue weighted by atomic mass is 9.74. The summed E-state index contributed by atoms with van der Waals surface area (Å²) in [4.78, 5) is 23.1. The first-order valence-electron chi connectivity index (χ1n) is 6.31. The minimum absolute atomic E-state index is 0.193. The summed E-state index contributed by atoms with van der Waals surface area (Å²) in [5, 5.41) is 5.24. The van der Waals surface area contributed by atoms with Gasteiger partial charge in [0.1, 0.15) is 0 Å². The van der Waals surface area contributed by atoms with E-state index in [1.807, 2.05) is 0 Å². The van der Waals surface area contributed by atoms with Crippen LogP contribution in [0.4, 0.5) is 16.2 Å². The van der Waals surface area contributed by atoms with E-state index in [1.165, 1.54) is 0 Å². The average molecular weight is 278 g/mol. The Bertz CT molecular complexity index is 518. The molecule has 0 atom stereocenters. The summed E-state index contributed by atoms with van der Waals surface area (Å²) in [5.74, 6) is -0.193. The summed E-state index contributed by atoms with van der Waals surface area (Å²) in [7, 11) is 0. The Labute approximate surface area is 118 Å². The van der Waals surface area contributed by atoms with Crippen LogP contribution in [0.15, 0.2) is 24.3 Å². The molecule has 1 rings (SSSR count). The second-order valence-corrected chi connectivity index (χ2v) is 5.87. The molecule has 20 heavy (non-hydrogen) atoms. The van der Waals surface area contributed by atoms with Crippen molar-refractivity contribution < 1.29 is 9.59 Å². The van der Waals surface area contributed by atoms with Crippen molar-refractivity contribution in [2.75, 3.05) is 10.6 Å². The molecule has 0 radical (unpaired) electrons. The van der Waals surface area contributed by atoms with Gasteiger partial charge < -0.3 is 22.1 Å². The molecule has 6 heteroatoms. The van der Waals surface area contributed by atoms with Crippen LogP contribution in [0.5, 0.6) is 0 Å². The fourth-order valence-electron chi connectivity index (χ4n) is 1.40. The van der Waals surface area contributed by atoms with Gasteiger partial charge >= 0.3 is 6.03 Å². The van der Waals surface area contributed by atoms with Gasteiger partial charge in [0.25, 0.3) is 0 Å². The van der Waals surface area contributed by atoms with Crippen LogP contribution in [0, 0.1) is 5.41 Å². The van der Waals surface area contributed by atoms with Crippen molar-refractivity contribution in [1.29, 1.82) is 0 Å². The number of nitrogens with one attached hydrogen (secondary N) is 2. The molecule has 0 spiro atoms. The smallest absolute Gasteiger partial charge is 0.316 e. The van der Waals surface area contributed by atoms with Gasteiger partial charge in [0, 0.05) is 16.9 Å². The molecule has 0 unspecified atom stereocenters. The fourth-order valence-corrected chi connectivity index (χ4v) is 1.40. The Morgan fingerprint density at radius 3 is 2.00 bits per heavy atom. The minimum Gasteiger partial charge on any atom is -0.351 e. The molecular weight excluding hydrogens is 256 g/mol. The average Bonchev–Trinajstić information content (AvgIpc) is 2.26. The second kappa shape index (κ2) is 5.50. The Morgan fingerprint density at radius 2 is 1.55 bits per heavy atom. The van der Waals surface area contributed by atoms with E-state index in [9.17, 15) is 9.59 Å². The summed E-state index contributed by atoms with van der Waals surface area (Å²) in [6, 6.07) is 6.09. The second-order valence-electron chi connectivity index (χ2n) is 5.87. The number of urea groups is 1. The molecule has 0 heterocycles. The topological polar surface area (TPSA) is 110 Å². The van der Waals surface area contributed by atoms with E-state index >= 15 is 0 Å². The van der Waals surface area contributed by atoms with Gasteiger partial charge in [-0.1, -0.05) is 6.07 Å². The summed E-state index contributed by atoms with van der Waals surface area (Å²) >= 11 is 0. The molecule has 0 bridgehead atoms. The van der Waals surface area contributed by atoms with Crippen molar-refractivity contribution in [3.63, 3.8) is 0 Å². The zero-order valence-corrected chi connectivity index (χ0v) is 12.3. The van der Waals surface area contributed by atoms with Crippen LogP contribution < -0.4 is 22.1 Å². The largest absolute Gasteiger partial charge is 0.351 e. The number of carbonyl (C=O) groups excluding carboxylic acids is 2. The Morgan fingerprint density at radius 1 is 1.05 bits per heavy atom. The lowest BCUT2D eigenvalue weighted by Crippen LogP contribution is -2.53. The van der Waals surface area contributed by atoms with Crippen LogP contribution >= 0.6 is 0 Å². The Kier molecular flexibility index (Phi) is 4.39. The molecule has 6 N–H and O–H groups in total. The number of hydrogen-bond acceptors (Lipinski definition) is 3. The molecule has 0 saturated heterocycles. The van der Waals surface area contributed by atoms with E-state index in [-0.39, 0.29) is 5.91 Å². The monoisotopic (exact) mass is 278 g/mol. The molecule has 0 saturated carbocycles. The lowest BCUT2D eigenvalue weighted by molar-refractivity contribution is -0.126. The normalized spacial score (nSPS) is 11.8. The molecule has 0 aliphatic heterocycles. The van der Waals surface area contributed by atoms with Gasteiger partial charge in [-0.15, -0.1) is 0 Å². The van der Waals surface area contributed by atoms with Crippen molar-refractivity contribution in [3.8, 4) is 0 Å². The van der Waals surface area contributed by atoms with Gasteiger partial charge in [-0.05, 0) is 45.9 Å². The molecular formula is C14H22N4O2. The van der Waals surface area contributed by atoms with E-state index in [2.05, 4.69) is 10.6 Å². The van der Waals surface area contributed by atoms with Crippen LogP contribution in [0.1, 0.15) is 27.7 Å². The van der Waals surface area contributed by atoms with Crippen LogP contribution in [0.3, 0.4) is 0 Å². The molecule has 110 valence electrons. The summed E-state index contributed by atoms with van der Waals surface area (Å²) in [6.07, 6.45) is 0. The van der Waals surface area contributed by atoms with E-state index in [4.69, 9.17) is 11.5 Å². The van der Waals surface area contributed by atoms with Crippen molar-refractivity contribution in [2.24, 2.45) is 16.9 Å². The number of amides is 3. The summed E-state index contributed by atoms with van der Waals surface area (Å²) < 4.78 is 0. The van der Waals surface area contributed by atoms with E-state index in [1.54, 1.807) is 52.0 Å². The number of primary amides is 1. The SMILES string of the molecule is CC(C)(N)C(C)(C)C(=O)Nc1cccc(NC(N)=O)c1. The van der Waals surface area contributed by atoms with E-state index in [0.29, 0.717) is 11.4 Å². The van der Waals surface area contributed by atoms with Crippen molar-refractivity contribution >= 4 is 23.3 Å². The molecule has 0 aromatic heterocycles. The predicted molar refractivity (Wildman–Crippen MR) is 80.3 cm³/mol. The molecule has 0 aliphatic carbocycles. The van der Waals surface area contributed by atoms with Crippen molar-refractivity contribution in [1.82, 2.24) is 0 Å². The number of anilines is 2. The molecule has 6 nitrogen and oxygen atoms in total. The van der Waals surface area contributed by atoms with Crippen molar-refractivity contribution in [3.05, 3.63) is 24.3 Å². The van der Waals surface area contributed by atoms with Crippen LogP contribution in [-0.2, 0) is 4.79 Å². The molecule has 1 aromatic carbocycles.